The summed E-state index contributed by atoms with van der Waals surface area (Å²) in [5, 5.41) is 9.91. The molecule has 4 heteroatoms. The molecule has 0 spiro atoms. The van der Waals surface area contributed by atoms with Crippen LogP contribution in [-0.4, -0.2) is 14.5 Å². The first-order chi connectivity index (χ1) is 11.2. The van der Waals surface area contributed by atoms with Gasteiger partial charge in [0.25, 0.3) is 0 Å². The van der Waals surface area contributed by atoms with E-state index >= 15 is 0 Å². The zero-order chi connectivity index (χ0) is 16.0. The molecule has 1 N–H and O–H groups in total. The highest BCUT2D eigenvalue weighted by molar-refractivity contribution is 9.10. The molecule has 4 rings (SSSR count). The van der Waals surface area contributed by atoms with Gasteiger partial charge in [0.2, 0.25) is 0 Å². The quantitative estimate of drug-likeness (QED) is 0.723. The van der Waals surface area contributed by atoms with Crippen LogP contribution in [0.5, 0.6) is 0 Å². The summed E-state index contributed by atoms with van der Waals surface area (Å²) in [6.45, 7) is 2.02. The van der Waals surface area contributed by atoms with Crippen molar-refractivity contribution < 1.29 is 5.11 Å². The molecule has 0 radical (unpaired) electrons. The largest absolute Gasteiger partial charge is 0.390 e. The number of pyridine rings is 1. The average Bonchev–Trinajstić information content (AvgIpc) is 2.93. The molecule has 23 heavy (non-hydrogen) atoms. The predicted molar refractivity (Wildman–Crippen MR) is 95.6 cm³/mol. The van der Waals surface area contributed by atoms with Crippen LogP contribution in [0, 0.1) is 6.92 Å². The van der Waals surface area contributed by atoms with Gasteiger partial charge in [-0.3, -0.25) is 4.40 Å². The number of aliphatic hydroxyl groups excluding tert-OH is 1. The van der Waals surface area contributed by atoms with E-state index in [0.29, 0.717) is 0 Å². The van der Waals surface area contributed by atoms with Gasteiger partial charge in [0.05, 0.1) is 18.0 Å². The topological polar surface area (TPSA) is 37.5 Å². The number of fused-ring (bicyclic) bond motifs is 2. The molecule has 1 aliphatic carbocycles. The number of nitrogens with zero attached hydrogens (tertiary/aromatic N) is 2. The summed E-state index contributed by atoms with van der Waals surface area (Å²) in [7, 11) is 0. The van der Waals surface area contributed by atoms with Crippen molar-refractivity contribution in [1.29, 1.82) is 0 Å². The van der Waals surface area contributed by atoms with Gasteiger partial charge in [0.15, 0.2) is 0 Å². The summed E-state index contributed by atoms with van der Waals surface area (Å²) in [4.78, 5) is 4.83. The Balaban J connectivity index is 1.93. The molecule has 0 unspecified atom stereocenters. The number of aryl methyl sites for hydroxylation is 3. The lowest BCUT2D eigenvalue weighted by Crippen LogP contribution is -2.02. The summed E-state index contributed by atoms with van der Waals surface area (Å²) in [5.41, 5.74) is 7.75. The molecular weight excluding hydrogens is 352 g/mol. The summed E-state index contributed by atoms with van der Waals surface area (Å²) >= 11 is 3.53. The van der Waals surface area contributed by atoms with Crippen molar-refractivity contribution in [2.75, 3.05) is 0 Å². The minimum absolute atomic E-state index is 0.0243. The highest BCUT2D eigenvalue weighted by atomic mass is 79.9. The molecule has 0 atom stereocenters. The number of aromatic nitrogens is 2. The Hall–Kier alpha value is -1.65. The van der Waals surface area contributed by atoms with E-state index in [4.69, 9.17) is 4.98 Å². The lowest BCUT2D eigenvalue weighted by molar-refractivity contribution is 0.276. The van der Waals surface area contributed by atoms with Crippen molar-refractivity contribution in [1.82, 2.24) is 9.38 Å². The number of halogens is 1. The summed E-state index contributed by atoms with van der Waals surface area (Å²) < 4.78 is 2.99. The smallest absolute Gasteiger partial charge is 0.140 e. The fourth-order valence-corrected chi connectivity index (χ4v) is 4.13. The second-order valence-electron chi connectivity index (χ2n) is 6.29. The lowest BCUT2D eigenvalue weighted by Gasteiger charge is -2.16. The number of hydrogen-bond donors (Lipinski definition) is 1. The summed E-state index contributed by atoms with van der Waals surface area (Å²) in [6.07, 6.45) is 6.86. The zero-order valence-corrected chi connectivity index (χ0v) is 14.7. The zero-order valence-electron chi connectivity index (χ0n) is 13.1. The molecule has 0 fully saturated rings. The molecular formula is C19H19BrN2O. The van der Waals surface area contributed by atoms with E-state index in [-0.39, 0.29) is 6.61 Å². The first-order valence-corrected chi connectivity index (χ1v) is 8.87. The number of hydrogen-bond acceptors (Lipinski definition) is 2. The van der Waals surface area contributed by atoms with E-state index < -0.39 is 0 Å². The Morgan fingerprint density at radius 3 is 2.74 bits per heavy atom. The van der Waals surface area contributed by atoms with Crippen LogP contribution in [0.1, 0.15) is 35.2 Å². The third-order valence-corrected chi connectivity index (χ3v) is 5.17. The van der Waals surface area contributed by atoms with Gasteiger partial charge in [0.1, 0.15) is 5.65 Å². The Morgan fingerprint density at radius 1 is 1.17 bits per heavy atom. The van der Waals surface area contributed by atoms with Gasteiger partial charge in [0, 0.05) is 16.2 Å². The molecule has 3 nitrogen and oxygen atoms in total. The van der Waals surface area contributed by atoms with E-state index in [9.17, 15) is 5.11 Å². The minimum atomic E-state index is -0.0243. The Morgan fingerprint density at radius 2 is 1.96 bits per heavy atom. The second-order valence-corrected chi connectivity index (χ2v) is 7.21. The fraction of sp³-hybridized carbons (Fsp3) is 0.316. The van der Waals surface area contributed by atoms with Crippen molar-refractivity contribution in [2.24, 2.45) is 0 Å². The maximum absolute atomic E-state index is 9.91. The van der Waals surface area contributed by atoms with Crippen molar-refractivity contribution >= 4 is 21.6 Å². The van der Waals surface area contributed by atoms with E-state index in [0.717, 1.165) is 39.1 Å². The predicted octanol–water partition coefficient (Wildman–Crippen LogP) is 4.44. The maximum atomic E-state index is 9.91. The molecule has 0 aliphatic heterocycles. The molecule has 2 heterocycles. The van der Waals surface area contributed by atoms with E-state index in [1.807, 2.05) is 17.5 Å². The van der Waals surface area contributed by atoms with Crippen LogP contribution in [0.15, 0.2) is 34.9 Å². The van der Waals surface area contributed by atoms with Crippen LogP contribution in [0.3, 0.4) is 0 Å². The molecule has 0 saturated carbocycles. The van der Waals surface area contributed by atoms with Crippen molar-refractivity contribution in [3.63, 3.8) is 0 Å². The molecule has 3 aromatic rings. The SMILES string of the molecule is Cc1cc(Br)cn2c(CO)c(-c3ccc4c(c3)CCCC4)nc12. The number of imidazole rings is 1. The first kappa shape index (κ1) is 14.9. The lowest BCUT2D eigenvalue weighted by atomic mass is 9.90. The number of rotatable bonds is 2. The molecule has 118 valence electrons. The fourth-order valence-electron chi connectivity index (χ4n) is 3.58. The van der Waals surface area contributed by atoms with Crippen LogP contribution in [0.4, 0.5) is 0 Å². The molecule has 2 aromatic heterocycles. The van der Waals surface area contributed by atoms with Gasteiger partial charge in [-0.05, 0) is 77.4 Å². The van der Waals surface area contributed by atoms with Gasteiger partial charge in [-0.1, -0.05) is 12.1 Å². The highest BCUT2D eigenvalue weighted by Gasteiger charge is 2.17. The van der Waals surface area contributed by atoms with Crippen molar-refractivity contribution in [2.45, 2.75) is 39.2 Å². The molecule has 0 amide bonds. The number of benzene rings is 1. The van der Waals surface area contributed by atoms with E-state index in [1.54, 1.807) is 0 Å². The Labute approximate surface area is 144 Å². The second kappa shape index (κ2) is 5.77. The Bertz CT molecular complexity index is 898. The molecule has 0 bridgehead atoms. The molecule has 0 saturated heterocycles. The van der Waals surface area contributed by atoms with Crippen LogP contribution in [0.2, 0.25) is 0 Å². The van der Waals surface area contributed by atoms with E-state index in [1.165, 1.54) is 30.4 Å². The molecule has 1 aliphatic rings. The standard InChI is InChI=1S/C19H19BrN2O/c1-12-8-16(20)10-22-17(11-23)18(21-19(12)22)15-7-6-13-4-2-3-5-14(13)9-15/h6-10,23H,2-5,11H2,1H3. The van der Waals surface area contributed by atoms with E-state index in [2.05, 4.69) is 40.2 Å². The van der Waals surface area contributed by atoms with Crippen molar-refractivity contribution in [3.05, 3.63) is 57.3 Å². The monoisotopic (exact) mass is 370 g/mol. The third kappa shape index (κ3) is 2.50. The summed E-state index contributed by atoms with van der Waals surface area (Å²) in [5.74, 6) is 0. The van der Waals surface area contributed by atoms with Crippen LogP contribution in [0.25, 0.3) is 16.9 Å². The third-order valence-electron chi connectivity index (χ3n) is 4.74. The maximum Gasteiger partial charge on any atom is 0.140 e. The highest BCUT2D eigenvalue weighted by Crippen LogP contribution is 2.31. The van der Waals surface area contributed by atoms with Crippen LogP contribution in [-0.2, 0) is 19.4 Å². The normalized spacial score (nSPS) is 14.2. The van der Waals surface area contributed by atoms with Crippen LogP contribution < -0.4 is 0 Å². The summed E-state index contributed by atoms with van der Waals surface area (Å²) in [6, 6.07) is 8.70. The van der Waals surface area contributed by atoms with Gasteiger partial charge in [-0.15, -0.1) is 0 Å². The molecule has 1 aromatic carbocycles. The minimum Gasteiger partial charge on any atom is -0.390 e. The van der Waals surface area contributed by atoms with Crippen LogP contribution >= 0.6 is 15.9 Å². The van der Waals surface area contributed by atoms with Gasteiger partial charge in [-0.2, -0.15) is 0 Å². The first-order valence-electron chi connectivity index (χ1n) is 8.07. The average molecular weight is 371 g/mol. The van der Waals surface area contributed by atoms with Gasteiger partial charge >= 0.3 is 0 Å². The Kier molecular flexibility index (Phi) is 3.74. The van der Waals surface area contributed by atoms with Gasteiger partial charge in [-0.25, -0.2) is 4.98 Å². The van der Waals surface area contributed by atoms with Crippen molar-refractivity contribution in [3.8, 4) is 11.3 Å². The number of aliphatic hydroxyl groups is 1. The van der Waals surface area contributed by atoms with Gasteiger partial charge < -0.3 is 5.11 Å².